The van der Waals surface area contributed by atoms with Crippen LogP contribution in [0.2, 0.25) is 0 Å². The second-order valence-electron chi connectivity index (χ2n) is 7.08. The molecule has 7 heteroatoms. The molecule has 0 heterocycles. The van der Waals surface area contributed by atoms with Crippen molar-refractivity contribution in [2.45, 2.75) is 51.2 Å². The van der Waals surface area contributed by atoms with Crippen LogP contribution < -0.4 is 4.90 Å². The zero-order valence-electron chi connectivity index (χ0n) is 16.4. The van der Waals surface area contributed by atoms with Crippen molar-refractivity contribution in [2.24, 2.45) is 0 Å². The van der Waals surface area contributed by atoms with Crippen molar-refractivity contribution in [3.63, 3.8) is 0 Å². The van der Waals surface area contributed by atoms with E-state index in [-0.39, 0.29) is 23.3 Å². The normalized spacial score (nSPS) is 15.4. The summed E-state index contributed by atoms with van der Waals surface area (Å²) in [5, 5.41) is -0.250. The summed E-state index contributed by atoms with van der Waals surface area (Å²) in [7, 11) is -3.19. The Balaban J connectivity index is 2.08. The van der Waals surface area contributed by atoms with Gasteiger partial charge in [0.1, 0.15) is 0 Å². The zero-order chi connectivity index (χ0) is 19.9. The van der Waals surface area contributed by atoms with Gasteiger partial charge in [-0.25, -0.2) is 8.42 Å². The van der Waals surface area contributed by atoms with Gasteiger partial charge in [0.15, 0.2) is 9.84 Å². The molecule has 152 valence electrons. The maximum atomic E-state index is 12.9. The molecule has 1 aromatic carbocycles. The number of carbonyl (C=O) groups excluding carboxylic acids is 1. The van der Waals surface area contributed by atoms with E-state index < -0.39 is 9.84 Å². The summed E-state index contributed by atoms with van der Waals surface area (Å²) >= 11 is 3.46. The molecule has 2 rings (SSSR count). The van der Waals surface area contributed by atoms with Gasteiger partial charge in [0.05, 0.1) is 11.0 Å². The number of amides is 1. The van der Waals surface area contributed by atoms with E-state index in [0.29, 0.717) is 6.54 Å². The average molecular weight is 459 g/mol. The highest BCUT2D eigenvalue weighted by atomic mass is 79.9. The fraction of sp³-hybridized carbons (Fsp3) is 0.650. The number of likely N-dealkylation sites (N-methyl/N-ethyl adjacent to an activating group) is 1. The fourth-order valence-corrected chi connectivity index (χ4v) is 5.83. The van der Waals surface area contributed by atoms with Gasteiger partial charge in [-0.15, -0.1) is 0 Å². The molecule has 0 saturated heterocycles. The molecule has 1 aliphatic carbocycles. The number of rotatable bonds is 10. The lowest BCUT2D eigenvalue weighted by molar-refractivity contribution is -0.118. The number of nitrogens with zero attached hydrogens (tertiary/aromatic N) is 2. The number of hydrogen-bond acceptors (Lipinski definition) is 4. The van der Waals surface area contributed by atoms with E-state index in [1.165, 1.54) is 0 Å². The van der Waals surface area contributed by atoms with Crippen molar-refractivity contribution in [1.29, 1.82) is 0 Å². The standard InChI is InChI=1S/C20H31BrN2O3S/c1-3-22(4-2)13-14-23(18-9-7-8-17(21)16-18)20(24)12-15-27(25,26)19-10-5-6-11-19/h7-9,16,19H,3-6,10-15H2,1-2H3. The second-order valence-corrected chi connectivity index (χ2v) is 10.4. The smallest absolute Gasteiger partial charge is 0.228 e. The predicted octanol–water partition coefficient (Wildman–Crippen LogP) is 3.87. The van der Waals surface area contributed by atoms with Crippen molar-refractivity contribution in [3.8, 4) is 0 Å². The monoisotopic (exact) mass is 458 g/mol. The molecular weight excluding hydrogens is 428 g/mol. The summed E-state index contributed by atoms with van der Waals surface area (Å²) in [4.78, 5) is 16.9. The summed E-state index contributed by atoms with van der Waals surface area (Å²) in [6, 6.07) is 7.62. The first-order valence-corrected chi connectivity index (χ1v) is 12.4. The van der Waals surface area contributed by atoms with Gasteiger partial charge in [0, 0.05) is 29.7 Å². The third kappa shape index (κ3) is 6.57. The molecule has 0 radical (unpaired) electrons. The first kappa shape index (κ1) is 22.4. The van der Waals surface area contributed by atoms with Gasteiger partial charge in [-0.3, -0.25) is 4.79 Å². The van der Waals surface area contributed by atoms with Crippen molar-refractivity contribution in [2.75, 3.05) is 36.8 Å². The van der Waals surface area contributed by atoms with Crippen molar-refractivity contribution in [3.05, 3.63) is 28.7 Å². The fourth-order valence-electron chi connectivity index (χ4n) is 3.60. The van der Waals surface area contributed by atoms with Gasteiger partial charge >= 0.3 is 0 Å². The lowest BCUT2D eigenvalue weighted by Gasteiger charge is -2.27. The van der Waals surface area contributed by atoms with Crippen LogP contribution in [0.3, 0.4) is 0 Å². The summed E-state index contributed by atoms with van der Waals surface area (Å²) in [5.74, 6) is -0.173. The van der Waals surface area contributed by atoms with E-state index in [0.717, 1.165) is 55.5 Å². The van der Waals surface area contributed by atoms with E-state index in [2.05, 4.69) is 34.7 Å². The quantitative estimate of drug-likeness (QED) is 0.533. The van der Waals surface area contributed by atoms with E-state index in [1.807, 2.05) is 24.3 Å². The van der Waals surface area contributed by atoms with Crippen LogP contribution in [0.25, 0.3) is 0 Å². The van der Waals surface area contributed by atoms with Gasteiger partial charge in [-0.05, 0) is 44.1 Å². The summed E-state index contributed by atoms with van der Waals surface area (Å²) < 4.78 is 25.9. The maximum absolute atomic E-state index is 12.9. The maximum Gasteiger partial charge on any atom is 0.228 e. The van der Waals surface area contributed by atoms with Gasteiger partial charge in [0.25, 0.3) is 0 Å². The zero-order valence-corrected chi connectivity index (χ0v) is 18.8. The van der Waals surface area contributed by atoms with E-state index >= 15 is 0 Å². The molecule has 0 spiro atoms. The molecule has 1 fully saturated rings. The molecule has 1 saturated carbocycles. The van der Waals surface area contributed by atoms with Crippen molar-refractivity contribution < 1.29 is 13.2 Å². The SMILES string of the molecule is CCN(CC)CCN(C(=O)CCS(=O)(=O)C1CCCC1)c1cccc(Br)c1. The molecule has 1 aromatic rings. The molecule has 27 heavy (non-hydrogen) atoms. The van der Waals surface area contributed by atoms with E-state index in [4.69, 9.17) is 0 Å². The average Bonchev–Trinajstić information content (AvgIpc) is 3.19. The van der Waals surface area contributed by atoms with Crippen LogP contribution in [-0.2, 0) is 14.6 Å². The minimum absolute atomic E-state index is 0.0452. The molecule has 1 aliphatic rings. The van der Waals surface area contributed by atoms with Crippen LogP contribution in [0, 0.1) is 0 Å². The van der Waals surface area contributed by atoms with Crippen LogP contribution in [-0.4, -0.2) is 56.4 Å². The number of carbonyl (C=O) groups is 1. The Morgan fingerprint density at radius 3 is 2.41 bits per heavy atom. The van der Waals surface area contributed by atoms with Gasteiger partial charge in [-0.1, -0.05) is 48.7 Å². The Kier molecular flexibility index (Phi) is 8.76. The Labute approximate surface area is 172 Å². The number of sulfone groups is 1. The summed E-state index contributed by atoms with van der Waals surface area (Å²) in [5.41, 5.74) is 0.805. The highest BCUT2D eigenvalue weighted by Gasteiger charge is 2.29. The molecule has 1 amide bonds. The molecule has 0 aliphatic heterocycles. The Bertz CT molecular complexity index is 714. The molecule has 0 atom stereocenters. The Morgan fingerprint density at radius 2 is 1.81 bits per heavy atom. The van der Waals surface area contributed by atoms with Gasteiger partial charge in [0.2, 0.25) is 5.91 Å². The Morgan fingerprint density at radius 1 is 1.15 bits per heavy atom. The first-order chi connectivity index (χ1) is 12.9. The first-order valence-electron chi connectivity index (χ1n) is 9.87. The summed E-state index contributed by atoms with van der Waals surface area (Å²) in [6.07, 6.45) is 3.49. The van der Waals surface area contributed by atoms with E-state index in [9.17, 15) is 13.2 Å². The number of benzene rings is 1. The molecule has 0 N–H and O–H groups in total. The molecular formula is C20H31BrN2O3S. The van der Waals surface area contributed by atoms with Crippen LogP contribution in [0.5, 0.6) is 0 Å². The number of hydrogen-bond donors (Lipinski definition) is 0. The van der Waals surface area contributed by atoms with Gasteiger partial charge < -0.3 is 9.80 Å². The number of anilines is 1. The minimum Gasteiger partial charge on any atom is -0.311 e. The van der Waals surface area contributed by atoms with Gasteiger partial charge in [-0.2, -0.15) is 0 Å². The predicted molar refractivity (Wildman–Crippen MR) is 115 cm³/mol. The largest absolute Gasteiger partial charge is 0.311 e. The third-order valence-corrected chi connectivity index (χ3v) is 8.12. The molecule has 5 nitrogen and oxygen atoms in total. The topological polar surface area (TPSA) is 57.7 Å². The van der Waals surface area contributed by atoms with Crippen LogP contribution in [0.1, 0.15) is 46.0 Å². The molecule has 0 unspecified atom stereocenters. The summed E-state index contributed by atoms with van der Waals surface area (Å²) in [6.45, 7) is 7.37. The highest BCUT2D eigenvalue weighted by Crippen LogP contribution is 2.26. The lowest BCUT2D eigenvalue weighted by atomic mass is 10.2. The Hall–Kier alpha value is -0.920. The van der Waals surface area contributed by atoms with Crippen LogP contribution >= 0.6 is 15.9 Å². The molecule has 0 aromatic heterocycles. The number of halogens is 1. The van der Waals surface area contributed by atoms with Crippen molar-refractivity contribution in [1.82, 2.24) is 4.90 Å². The third-order valence-electron chi connectivity index (χ3n) is 5.37. The van der Waals surface area contributed by atoms with Crippen molar-refractivity contribution >= 4 is 37.4 Å². The van der Waals surface area contributed by atoms with Crippen LogP contribution in [0.15, 0.2) is 28.7 Å². The lowest BCUT2D eigenvalue weighted by Crippen LogP contribution is -2.39. The second kappa shape index (κ2) is 10.6. The molecule has 0 bridgehead atoms. The van der Waals surface area contributed by atoms with E-state index in [1.54, 1.807) is 4.90 Å². The van der Waals surface area contributed by atoms with Crippen LogP contribution in [0.4, 0.5) is 5.69 Å². The highest BCUT2D eigenvalue weighted by molar-refractivity contribution is 9.10. The minimum atomic E-state index is -3.19.